The normalized spacial score (nSPS) is 8.43. The molecule has 0 aromatic heterocycles. The van der Waals surface area contributed by atoms with Crippen molar-refractivity contribution in [3.63, 3.8) is 0 Å². The van der Waals surface area contributed by atoms with Crippen LogP contribution in [0.25, 0.3) is 0 Å². The average molecular weight is 174 g/mol. The minimum atomic E-state index is -4.12. The van der Waals surface area contributed by atoms with Gasteiger partial charge in [0.05, 0.1) is 0 Å². The summed E-state index contributed by atoms with van der Waals surface area (Å²) in [6.07, 6.45) is 0. The minimum absolute atomic E-state index is 0. The van der Waals surface area contributed by atoms with E-state index in [9.17, 15) is 3.74 Å². The third-order valence-corrected chi connectivity index (χ3v) is 0. The van der Waals surface area contributed by atoms with Crippen LogP contribution in [0.3, 0.4) is 0 Å². The summed E-state index contributed by atoms with van der Waals surface area (Å²) in [6.45, 7) is 0. The van der Waals surface area contributed by atoms with Gasteiger partial charge in [0.2, 0.25) is 0 Å². The van der Waals surface area contributed by atoms with Crippen molar-refractivity contribution < 1.29 is 11.9 Å². The van der Waals surface area contributed by atoms with Gasteiger partial charge in [0, 0.05) is 0 Å². The summed E-state index contributed by atoms with van der Waals surface area (Å²) >= 11 is -4.12. The smallest absolute Gasteiger partial charge is 0.344 e. The van der Waals surface area contributed by atoms with E-state index in [0.717, 1.165) is 5.71 Å². The Morgan fingerprint density at radius 2 is 1.29 bits per heavy atom. The van der Waals surface area contributed by atoms with E-state index in [1.807, 2.05) is 0 Å². The van der Waals surface area contributed by atoms with E-state index in [1.54, 1.807) is 0 Å². The molecule has 0 radical (unpaired) electrons. The summed E-state index contributed by atoms with van der Waals surface area (Å²) in [7, 11) is 0. The third-order valence-electron chi connectivity index (χ3n) is 0. The molecule has 0 saturated carbocycles. The second-order valence-electron chi connectivity index (χ2n) is 0.835. The van der Waals surface area contributed by atoms with Crippen molar-refractivity contribution in [1.29, 1.82) is 0 Å². The first kappa shape index (κ1) is 15.7. The first-order valence-corrected chi connectivity index (χ1v) is 5.35. The van der Waals surface area contributed by atoms with Crippen LogP contribution in [0.4, 0.5) is 0 Å². The van der Waals surface area contributed by atoms with Crippen LogP contribution in [-0.2, 0) is 3.74 Å². The molecule has 0 fully saturated rings. The molecule has 0 heterocycles. The fourth-order valence-corrected chi connectivity index (χ4v) is 0. The Bertz CT molecular complexity index is 59.1. The van der Waals surface area contributed by atoms with Gasteiger partial charge in [0.15, 0.2) is 0 Å². The summed E-state index contributed by atoms with van der Waals surface area (Å²) in [4.78, 5) is 0. The fraction of sp³-hybridized carbons (Fsp3) is 1.00. The summed E-state index contributed by atoms with van der Waals surface area (Å²) < 4.78 is 24.8. The molecule has 0 rings (SSSR count). The van der Waals surface area contributed by atoms with E-state index in [4.69, 9.17) is 8.19 Å². The van der Waals surface area contributed by atoms with Crippen molar-refractivity contribution in [2.75, 3.05) is 0 Å². The molecule has 0 amide bonds. The van der Waals surface area contributed by atoms with E-state index >= 15 is 0 Å². The Labute approximate surface area is 44.9 Å². The van der Waals surface area contributed by atoms with Gasteiger partial charge in [-0.15, -0.1) is 0 Å². The van der Waals surface area contributed by atoms with Crippen molar-refractivity contribution in [2.24, 2.45) is 0 Å². The van der Waals surface area contributed by atoms with Crippen molar-refractivity contribution >= 4 is 14.2 Å². The SMILES string of the molecule is C[As](=O)(O)O.N.N. The van der Waals surface area contributed by atoms with Gasteiger partial charge in [-0.05, 0) is 0 Å². The van der Waals surface area contributed by atoms with Crippen LogP contribution in [-0.4, -0.2) is 22.4 Å². The molecule has 0 aromatic carbocycles. The van der Waals surface area contributed by atoms with Gasteiger partial charge < -0.3 is 12.3 Å². The summed E-state index contributed by atoms with van der Waals surface area (Å²) in [6, 6.07) is 0. The molecule has 7 heavy (non-hydrogen) atoms. The molecular weight excluding hydrogens is 163 g/mol. The summed E-state index contributed by atoms with van der Waals surface area (Å²) in [5.74, 6) is 0. The van der Waals surface area contributed by atoms with Gasteiger partial charge in [0.1, 0.15) is 0 Å². The Morgan fingerprint density at radius 1 is 1.29 bits per heavy atom. The average Bonchev–Trinajstić information content (AvgIpc) is 0.722. The topological polar surface area (TPSA) is 128 Å². The first-order valence-electron chi connectivity index (χ1n) is 1.03. The fourth-order valence-electron chi connectivity index (χ4n) is 0. The molecule has 0 aliphatic rings. The van der Waals surface area contributed by atoms with E-state index in [-0.39, 0.29) is 12.3 Å². The van der Waals surface area contributed by atoms with Crippen LogP contribution in [0.5, 0.6) is 0 Å². The molecule has 0 aliphatic carbocycles. The predicted molar refractivity (Wildman–Crippen MR) is 26.8 cm³/mol. The minimum Gasteiger partial charge on any atom is -0.344 e. The standard InChI is InChI=1S/CH5AsO3.2H3N/c1-2(3,4)5;;/h1H3,(H2,3,4,5);2*1H3. The first-order chi connectivity index (χ1) is 2.00. The molecule has 5 nitrogen and oxygen atoms in total. The van der Waals surface area contributed by atoms with Gasteiger partial charge >= 0.3 is 31.8 Å². The predicted octanol–water partition coefficient (Wildman–Crippen LogP) is -0.706. The summed E-state index contributed by atoms with van der Waals surface area (Å²) in [5, 5.41) is 0. The van der Waals surface area contributed by atoms with E-state index in [0.29, 0.717) is 0 Å². The van der Waals surface area contributed by atoms with Crippen molar-refractivity contribution in [2.45, 2.75) is 5.71 Å². The Hall–Kier alpha value is 0.198. The molecule has 0 saturated heterocycles. The zero-order valence-electron chi connectivity index (χ0n) is 4.16. The Balaban J connectivity index is -0.0000000800. The van der Waals surface area contributed by atoms with E-state index in [2.05, 4.69) is 0 Å². The van der Waals surface area contributed by atoms with Crippen molar-refractivity contribution in [3.05, 3.63) is 0 Å². The molecule has 0 spiro atoms. The van der Waals surface area contributed by atoms with Gasteiger partial charge in [0.25, 0.3) is 0 Å². The van der Waals surface area contributed by atoms with Crippen LogP contribution in [0.15, 0.2) is 0 Å². The maximum atomic E-state index is 9.39. The molecule has 0 aromatic rings. The molecule has 0 bridgehead atoms. The molecule has 48 valence electrons. The van der Waals surface area contributed by atoms with Gasteiger partial charge in [-0.25, -0.2) is 0 Å². The molecule has 8 N–H and O–H groups in total. The van der Waals surface area contributed by atoms with Gasteiger partial charge in [-0.2, -0.15) is 0 Å². The quantitative estimate of drug-likeness (QED) is 0.361. The molecule has 0 atom stereocenters. The summed E-state index contributed by atoms with van der Waals surface area (Å²) in [5.41, 5.74) is 0.915. The van der Waals surface area contributed by atoms with Crippen LogP contribution >= 0.6 is 0 Å². The Morgan fingerprint density at radius 3 is 1.29 bits per heavy atom. The van der Waals surface area contributed by atoms with E-state index < -0.39 is 14.2 Å². The van der Waals surface area contributed by atoms with Crippen molar-refractivity contribution in [3.8, 4) is 0 Å². The van der Waals surface area contributed by atoms with Gasteiger partial charge in [-0.1, -0.05) is 0 Å². The third kappa shape index (κ3) is 2770. The van der Waals surface area contributed by atoms with Crippen LogP contribution < -0.4 is 12.3 Å². The van der Waals surface area contributed by atoms with Gasteiger partial charge in [-0.3, -0.25) is 0 Å². The monoisotopic (exact) mass is 174 g/mol. The van der Waals surface area contributed by atoms with Crippen molar-refractivity contribution in [1.82, 2.24) is 12.3 Å². The molecule has 0 unspecified atom stereocenters. The molecule has 6 heteroatoms. The second kappa shape index (κ2) is 4.36. The number of rotatable bonds is 0. The zero-order valence-corrected chi connectivity index (χ0v) is 6.04. The van der Waals surface area contributed by atoms with Crippen LogP contribution in [0.2, 0.25) is 5.71 Å². The maximum absolute atomic E-state index is 9.39. The molecule has 0 aliphatic heterocycles. The Kier molecular flexibility index (Phi) is 9.77. The molecular formula is CH11AsN2O3. The van der Waals surface area contributed by atoms with Crippen LogP contribution in [0, 0.1) is 0 Å². The van der Waals surface area contributed by atoms with E-state index in [1.165, 1.54) is 0 Å². The second-order valence-corrected chi connectivity index (χ2v) is 4.34. The number of hydrogen-bond donors (Lipinski definition) is 4. The largest absolute Gasteiger partial charge is 0.344 e. The zero-order chi connectivity index (χ0) is 4.50. The maximum Gasteiger partial charge on any atom is -0.344 e. The number of hydrogen-bond acceptors (Lipinski definition) is 3. The van der Waals surface area contributed by atoms with Crippen LogP contribution in [0.1, 0.15) is 0 Å².